The van der Waals surface area contributed by atoms with Crippen LogP contribution in [0.1, 0.15) is 65.2 Å². The third-order valence-corrected chi connectivity index (χ3v) is 4.39. The Morgan fingerprint density at radius 2 is 1.83 bits per heavy atom. The van der Waals surface area contributed by atoms with E-state index in [2.05, 4.69) is 18.7 Å². The second-order valence-corrected chi connectivity index (χ2v) is 5.79. The van der Waals surface area contributed by atoms with Crippen LogP contribution in [0.15, 0.2) is 11.1 Å². The van der Waals surface area contributed by atoms with Gasteiger partial charge in [0.25, 0.3) is 0 Å². The fourth-order valence-corrected chi connectivity index (χ4v) is 3.56. The highest BCUT2D eigenvalue weighted by molar-refractivity contribution is 5.97. The smallest absolute Gasteiger partial charge is 0.158 e. The van der Waals surface area contributed by atoms with Gasteiger partial charge in [-0.25, -0.2) is 0 Å². The van der Waals surface area contributed by atoms with Crippen LogP contribution in [0.5, 0.6) is 0 Å². The summed E-state index contributed by atoms with van der Waals surface area (Å²) in [5.41, 5.74) is 2.71. The van der Waals surface area contributed by atoms with Crippen molar-refractivity contribution in [2.75, 3.05) is 13.1 Å². The number of carbonyl (C=O) groups excluding carboxylic acids is 1. The second-order valence-electron chi connectivity index (χ2n) is 5.79. The summed E-state index contributed by atoms with van der Waals surface area (Å²) in [4.78, 5) is 14.5. The molecular weight excluding hydrogens is 222 g/mol. The predicted octanol–water partition coefficient (Wildman–Crippen LogP) is 3.71. The predicted molar refractivity (Wildman–Crippen MR) is 75.7 cm³/mol. The van der Waals surface area contributed by atoms with E-state index in [4.69, 9.17) is 0 Å². The van der Waals surface area contributed by atoms with Crippen molar-refractivity contribution in [3.05, 3.63) is 11.1 Å². The van der Waals surface area contributed by atoms with Crippen LogP contribution in [0, 0.1) is 0 Å². The third-order valence-electron chi connectivity index (χ3n) is 4.39. The highest BCUT2D eigenvalue weighted by atomic mass is 16.1. The Balaban J connectivity index is 2.03. The number of hydrogen-bond acceptors (Lipinski definition) is 2. The van der Waals surface area contributed by atoms with Gasteiger partial charge in [-0.15, -0.1) is 0 Å². The summed E-state index contributed by atoms with van der Waals surface area (Å²) < 4.78 is 0. The van der Waals surface area contributed by atoms with E-state index in [0.717, 1.165) is 19.3 Å². The van der Waals surface area contributed by atoms with Gasteiger partial charge in [-0.2, -0.15) is 0 Å². The number of rotatable bonds is 5. The number of allylic oxidation sites excluding steroid dienone is 1. The maximum atomic E-state index is 11.9. The Kier molecular flexibility index (Phi) is 4.99. The lowest BCUT2D eigenvalue weighted by Crippen LogP contribution is -2.39. The monoisotopic (exact) mass is 249 g/mol. The molecule has 0 unspecified atom stereocenters. The molecule has 0 fully saturated rings. The van der Waals surface area contributed by atoms with Crippen molar-refractivity contribution in [3.63, 3.8) is 0 Å². The molecule has 0 amide bonds. The lowest BCUT2D eigenvalue weighted by molar-refractivity contribution is -0.116. The number of Topliss-reactive ketones (excluding diaryl/α,β-unsaturated/α-hetero) is 1. The van der Waals surface area contributed by atoms with E-state index < -0.39 is 0 Å². The molecule has 0 aromatic heterocycles. The Morgan fingerprint density at radius 3 is 2.50 bits per heavy atom. The van der Waals surface area contributed by atoms with Gasteiger partial charge in [-0.1, -0.05) is 19.4 Å². The van der Waals surface area contributed by atoms with Gasteiger partial charge >= 0.3 is 0 Å². The van der Waals surface area contributed by atoms with Crippen LogP contribution >= 0.6 is 0 Å². The van der Waals surface area contributed by atoms with Crippen LogP contribution in [0.4, 0.5) is 0 Å². The fourth-order valence-electron chi connectivity index (χ4n) is 3.56. The summed E-state index contributed by atoms with van der Waals surface area (Å²) in [5.74, 6) is 0.451. The minimum Gasteiger partial charge on any atom is -0.300 e. The normalized spacial score (nSPS) is 24.6. The molecule has 2 heteroatoms. The molecule has 0 radical (unpaired) electrons. The number of carbonyl (C=O) groups is 1. The Bertz CT molecular complexity index is 326. The van der Waals surface area contributed by atoms with Crippen LogP contribution in [0.25, 0.3) is 0 Å². The van der Waals surface area contributed by atoms with Crippen LogP contribution in [-0.4, -0.2) is 29.8 Å². The van der Waals surface area contributed by atoms with Crippen molar-refractivity contribution < 1.29 is 4.79 Å². The molecule has 0 N–H and O–H groups in total. The van der Waals surface area contributed by atoms with Crippen molar-refractivity contribution in [1.29, 1.82) is 0 Å². The van der Waals surface area contributed by atoms with Gasteiger partial charge in [-0.3, -0.25) is 4.79 Å². The average molecular weight is 249 g/mol. The van der Waals surface area contributed by atoms with Crippen molar-refractivity contribution >= 4 is 5.78 Å². The Hall–Kier alpha value is -0.630. The molecule has 0 bridgehead atoms. The van der Waals surface area contributed by atoms with Crippen LogP contribution in [0.2, 0.25) is 0 Å². The van der Waals surface area contributed by atoms with E-state index in [9.17, 15) is 4.79 Å². The first-order valence-corrected chi connectivity index (χ1v) is 7.74. The molecule has 0 heterocycles. The molecular formula is C16H27NO. The maximum absolute atomic E-state index is 11.9. The average Bonchev–Trinajstić information content (AvgIpc) is 2.38. The zero-order valence-corrected chi connectivity index (χ0v) is 12.0. The van der Waals surface area contributed by atoms with Gasteiger partial charge in [-0.05, 0) is 63.6 Å². The van der Waals surface area contributed by atoms with Gasteiger partial charge in [0.15, 0.2) is 5.78 Å². The van der Waals surface area contributed by atoms with Crippen LogP contribution in [0.3, 0.4) is 0 Å². The Labute approximate surface area is 111 Å². The molecule has 2 rings (SSSR count). The first-order valence-electron chi connectivity index (χ1n) is 7.74. The quantitative estimate of drug-likeness (QED) is 0.740. The van der Waals surface area contributed by atoms with E-state index in [1.54, 1.807) is 0 Å². The summed E-state index contributed by atoms with van der Waals surface area (Å²) in [6.45, 7) is 6.96. The highest BCUT2D eigenvalue weighted by Gasteiger charge is 2.29. The van der Waals surface area contributed by atoms with Gasteiger partial charge in [0.05, 0.1) is 0 Å². The van der Waals surface area contributed by atoms with Gasteiger partial charge in [0.1, 0.15) is 0 Å². The lowest BCUT2D eigenvalue weighted by Gasteiger charge is -2.37. The van der Waals surface area contributed by atoms with Crippen molar-refractivity contribution in [2.24, 2.45) is 0 Å². The number of hydrogen-bond donors (Lipinski definition) is 0. The SMILES string of the molecule is CCCN(CCC)[C@@H]1CCC2=C(CCCC2=O)C1. The second kappa shape index (κ2) is 6.51. The molecule has 2 aliphatic rings. The molecule has 18 heavy (non-hydrogen) atoms. The topological polar surface area (TPSA) is 20.3 Å². The summed E-state index contributed by atoms with van der Waals surface area (Å²) in [6.07, 6.45) is 8.96. The zero-order chi connectivity index (χ0) is 13.0. The lowest BCUT2D eigenvalue weighted by atomic mass is 9.79. The molecule has 1 atom stereocenters. The summed E-state index contributed by atoms with van der Waals surface area (Å²) in [6, 6.07) is 0.703. The first-order chi connectivity index (χ1) is 8.76. The summed E-state index contributed by atoms with van der Waals surface area (Å²) >= 11 is 0. The standard InChI is InChI=1S/C16H27NO/c1-3-10-17(11-4-2)14-8-9-15-13(12-14)6-5-7-16(15)18/h14H,3-12H2,1-2H3/t14-/m1/s1. The fraction of sp³-hybridized carbons (Fsp3) is 0.812. The summed E-state index contributed by atoms with van der Waals surface area (Å²) in [5, 5.41) is 0. The van der Waals surface area contributed by atoms with E-state index in [1.807, 2.05) is 0 Å². The van der Waals surface area contributed by atoms with E-state index in [-0.39, 0.29) is 0 Å². The molecule has 0 aliphatic heterocycles. The molecule has 0 aromatic rings. The van der Waals surface area contributed by atoms with Gasteiger partial charge in [0.2, 0.25) is 0 Å². The molecule has 102 valence electrons. The minimum absolute atomic E-state index is 0.451. The Morgan fingerprint density at radius 1 is 1.11 bits per heavy atom. The zero-order valence-electron chi connectivity index (χ0n) is 12.0. The van der Waals surface area contributed by atoms with Crippen molar-refractivity contribution in [2.45, 2.75) is 71.3 Å². The van der Waals surface area contributed by atoms with E-state index in [0.29, 0.717) is 11.8 Å². The molecule has 2 aliphatic carbocycles. The molecule has 0 saturated heterocycles. The minimum atomic E-state index is 0.451. The van der Waals surface area contributed by atoms with E-state index in [1.165, 1.54) is 56.3 Å². The number of ketones is 1. The molecule has 0 spiro atoms. The third kappa shape index (κ3) is 3.03. The maximum Gasteiger partial charge on any atom is 0.158 e. The molecule has 0 saturated carbocycles. The molecule has 0 aromatic carbocycles. The van der Waals surface area contributed by atoms with Crippen LogP contribution in [-0.2, 0) is 4.79 Å². The molecule has 2 nitrogen and oxygen atoms in total. The van der Waals surface area contributed by atoms with Gasteiger partial charge < -0.3 is 4.90 Å². The van der Waals surface area contributed by atoms with Gasteiger partial charge in [0, 0.05) is 12.5 Å². The highest BCUT2D eigenvalue weighted by Crippen LogP contribution is 2.35. The number of nitrogens with zero attached hydrogens (tertiary/aromatic N) is 1. The van der Waals surface area contributed by atoms with Crippen molar-refractivity contribution in [1.82, 2.24) is 4.90 Å². The van der Waals surface area contributed by atoms with Crippen molar-refractivity contribution in [3.8, 4) is 0 Å². The first kappa shape index (κ1) is 13.8. The summed E-state index contributed by atoms with van der Waals surface area (Å²) in [7, 11) is 0. The van der Waals surface area contributed by atoms with Crippen LogP contribution < -0.4 is 0 Å². The largest absolute Gasteiger partial charge is 0.300 e. The van der Waals surface area contributed by atoms with E-state index >= 15 is 0 Å².